The van der Waals surface area contributed by atoms with Crippen LogP contribution in [0.4, 0.5) is 4.79 Å². The highest BCUT2D eigenvalue weighted by Crippen LogP contribution is 2.34. The van der Waals surface area contributed by atoms with E-state index in [0.717, 1.165) is 44.0 Å². The van der Waals surface area contributed by atoms with Crippen molar-refractivity contribution in [1.29, 1.82) is 0 Å². The van der Waals surface area contributed by atoms with E-state index in [0.29, 0.717) is 15.0 Å². The Bertz CT molecular complexity index is 1370. The van der Waals surface area contributed by atoms with Crippen molar-refractivity contribution < 1.29 is 14.7 Å². The van der Waals surface area contributed by atoms with Crippen LogP contribution >= 0.6 is 35.0 Å². The lowest BCUT2D eigenvalue weighted by atomic mass is 10.1. The molecule has 0 bridgehead atoms. The van der Waals surface area contributed by atoms with Crippen molar-refractivity contribution in [2.75, 3.05) is 6.54 Å². The van der Waals surface area contributed by atoms with Gasteiger partial charge in [0.25, 0.3) is 11.1 Å². The highest BCUT2D eigenvalue weighted by Gasteiger charge is 2.36. The van der Waals surface area contributed by atoms with Gasteiger partial charge in [0.05, 0.1) is 24.1 Å². The number of imide groups is 1. The minimum atomic E-state index is -0.959. The minimum Gasteiger partial charge on any atom is -0.389 e. The number of carbonyl (C=O) groups excluding carboxylic acids is 2. The van der Waals surface area contributed by atoms with E-state index in [1.807, 2.05) is 59.2 Å². The van der Waals surface area contributed by atoms with E-state index in [-0.39, 0.29) is 18.3 Å². The molecule has 1 atom stereocenters. The third-order valence-corrected chi connectivity index (χ3v) is 6.92. The number of nitrogens with zero attached hydrogens (tertiary/aromatic N) is 2. The predicted molar refractivity (Wildman–Crippen MR) is 135 cm³/mol. The van der Waals surface area contributed by atoms with Crippen molar-refractivity contribution in [3.8, 4) is 0 Å². The number of carbonyl (C=O) groups is 2. The molecule has 1 aliphatic rings. The van der Waals surface area contributed by atoms with Gasteiger partial charge in [-0.1, -0.05) is 53.5 Å². The second-order valence-electron chi connectivity index (χ2n) is 7.79. The van der Waals surface area contributed by atoms with Crippen LogP contribution in [-0.2, 0) is 11.3 Å². The molecule has 8 heteroatoms. The fourth-order valence-electron chi connectivity index (χ4n) is 4.08. The van der Waals surface area contributed by atoms with Gasteiger partial charge in [-0.25, -0.2) is 0 Å². The lowest BCUT2D eigenvalue weighted by Crippen LogP contribution is -2.37. The first-order valence-corrected chi connectivity index (χ1v) is 11.8. The maximum Gasteiger partial charge on any atom is 0.293 e. The molecule has 4 aromatic rings. The number of benzene rings is 3. The molecule has 1 saturated heterocycles. The molecule has 1 aliphatic heterocycles. The van der Waals surface area contributed by atoms with Crippen LogP contribution in [0.2, 0.25) is 10.0 Å². The summed E-state index contributed by atoms with van der Waals surface area (Å²) in [5.74, 6) is -0.395. The van der Waals surface area contributed by atoms with E-state index in [1.54, 1.807) is 18.2 Å². The van der Waals surface area contributed by atoms with E-state index in [4.69, 9.17) is 23.2 Å². The smallest absolute Gasteiger partial charge is 0.293 e. The van der Waals surface area contributed by atoms with Crippen molar-refractivity contribution in [2.45, 2.75) is 12.6 Å². The number of hydrogen-bond acceptors (Lipinski definition) is 4. The number of aliphatic hydroxyl groups is 1. The van der Waals surface area contributed by atoms with E-state index in [2.05, 4.69) is 0 Å². The molecule has 2 amide bonds. The zero-order valence-electron chi connectivity index (χ0n) is 17.2. The quantitative estimate of drug-likeness (QED) is 0.334. The zero-order valence-corrected chi connectivity index (χ0v) is 19.6. The van der Waals surface area contributed by atoms with Gasteiger partial charge in [0.1, 0.15) is 0 Å². The third kappa shape index (κ3) is 4.27. The topological polar surface area (TPSA) is 62.5 Å². The summed E-state index contributed by atoms with van der Waals surface area (Å²) in [6.07, 6.45) is 0.734. The van der Waals surface area contributed by atoms with Gasteiger partial charge in [0.15, 0.2) is 0 Å². The number of aliphatic hydroxyl groups excluding tert-OH is 1. The van der Waals surface area contributed by atoms with Gasteiger partial charge < -0.3 is 9.67 Å². The largest absolute Gasteiger partial charge is 0.389 e. The molecule has 3 aromatic carbocycles. The first kappa shape index (κ1) is 22.0. The molecule has 0 spiro atoms. The monoisotopic (exact) mass is 496 g/mol. The van der Waals surface area contributed by atoms with Crippen molar-refractivity contribution in [1.82, 2.24) is 9.47 Å². The summed E-state index contributed by atoms with van der Waals surface area (Å²) in [6.45, 7) is 0.0991. The van der Waals surface area contributed by atoms with Gasteiger partial charge in [-0.15, -0.1) is 0 Å². The van der Waals surface area contributed by atoms with Gasteiger partial charge in [-0.05, 0) is 59.8 Å². The molecule has 0 radical (unpaired) electrons. The van der Waals surface area contributed by atoms with E-state index >= 15 is 0 Å². The van der Waals surface area contributed by atoms with Gasteiger partial charge in [0.2, 0.25) is 0 Å². The van der Waals surface area contributed by atoms with Crippen LogP contribution in [0.3, 0.4) is 0 Å². The Labute approximate surface area is 204 Å². The van der Waals surface area contributed by atoms with E-state index < -0.39 is 12.0 Å². The molecular weight excluding hydrogens is 479 g/mol. The summed E-state index contributed by atoms with van der Waals surface area (Å²) in [7, 11) is 0. The van der Waals surface area contributed by atoms with Crippen molar-refractivity contribution in [2.24, 2.45) is 0 Å². The Morgan fingerprint density at radius 3 is 2.09 bits per heavy atom. The number of hydrogen-bond donors (Lipinski definition) is 1. The van der Waals surface area contributed by atoms with Crippen LogP contribution < -0.4 is 0 Å². The van der Waals surface area contributed by atoms with Crippen molar-refractivity contribution in [3.05, 3.63) is 87.2 Å². The van der Waals surface area contributed by atoms with Crippen molar-refractivity contribution >= 4 is 74.0 Å². The van der Waals surface area contributed by atoms with Crippen molar-refractivity contribution in [3.63, 3.8) is 0 Å². The summed E-state index contributed by atoms with van der Waals surface area (Å²) in [5, 5.41) is 13.5. The van der Waals surface area contributed by atoms with E-state index in [9.17, 15) is 14.7 Å². The molecule has 0 aliphatic carbocycles. The standard InChI is InChI=1S/C25H18Cl2N2O3S/c26-16-6-8-21-19(11-16)20-12-17(27)7-9-22(20)28(21)13-18(30)14-29-24(31)23(33-25(29)32)10-15-4-2-1-3-5-15/h1-12,18,30H,13-14H2/b23-10-/t18-/m1/s1. The molecule has 0 unspecified atom stereocenters. The molecule has 33 heavy (non-hydrogen) atoms. The number of rotatable bonds is 5. The third-order valence-electron chi connectivity index (χ3n) is 5.55. The summed E-state index contributed by atoms with van der Waals surface area (Å²) in [4.78, 5) is 26.8. The number of amides is 2. The Balaban J connectivity index is 1.41. The molecule has 1 N–H and O–H groups in total. The molecule has 1 aromatic heterocycles. The first-order chi connectivity index (χ1) is 15.9. The predicted octanol–water partition coefficient (Wildman–Crippen LogP) is 6.20. The molecule has 0 saturated carbocycles. The molecule has 2 heterocycles. The Morgan fingerprint density at radius 2 is 1.48 bits per heavy atom. The Morgan fingerprint density at radius 1 is 0.879 bits per heavy atom. The average molecular weight is 497 g/mol. The lowest BCUT2D eigenvalue weighted by molar-refractivity contribution is -0.123. The Kier molecular flexibility index (Phi) is 5.93. The summed E-state index contributed by atoms with van der Waals surface area (Å²) in [5.41, 5.74) is 2.61. The fraction of sp³-hybridized carbons (Fsp3) is 0.120. The van der Waals surface area contributed by atoms with Crippen LogP contribution in [0.1, 0.15) is 5.56 Å². The zero-order chi connectivity index (χ0) is 23.1. The second-order valence-corrected chi connectivity index (χ2v) is 9.66. The van der Waals surface area contributed by atoms with E-state index in [1.165, 1.54) is 0 Å². The summed E-state index contributed by atoms with van der Waals surface area (Å²) in [6, 6.07) is 20.4. The van der Waals surface area contributed by atoms with Gasteiger partial charge in [-0.2, -0.15) is 0 Å². The molecular formula is C25H18Cl2N2O3S. The van der Waals surface area contributed by atoms with Crippen LogP contribution in [0.25, 0.3) is 27.9 Å². The van der Waals surface area contributed by atoms with Gasteiger partial charge in [0, 0.05) is 31.9 Å². The Hall–Kier alpha value is -2.77. The molecule has 5 rings (SSSR count). The number of halogens is 2. The molecule has 1 fully saturated rings. The normalized spacial score (nSPS) is 16.5. The van der Waals surface area contributed by atoms with Crippen LogP contribution in [0.15, 0.2) is 71.6 Å². The highest BCUT2D eigenvalue weighted by molar-refractivity contribution is 8.18. The van der Waals surface area contributed by atoms with Gasteiger partial charge in [-0.3, -0.25) is 14.5 Å². The number of aromatic nitrogens is 1. The fourth-order valence-corrected chi connectivity index (χ4v) is 5.27. The van der Waals surface area contributed by atoms with Crippen LogP contribution in [0, 0.1) is 0 Å². The van der Waals surface area contributed by atoms with Crippen LogP contribution in [-0.4, -0.2) is 38.4 Å². The maximum absolute atomic E-state index is 12.8. The number of β-amino-alcohol motifs (C(OH)–C–C–N with tert-alkyl or cyclic N) is 1. The molecule has 5 nitrogen and oxygen atoms in total. The SMILES string of the molecule is O=C1S/C(=C\c2ccccc2)C(=O)N1C[C@H](O)Cn1c2ccc(Cl)cc2c2cc(Cl)ccc21. The lowest BCUT2D eigenvalue weighted by Gasteiger charge is -2.19. The average Bonchev–Trinajstić information content (AvgIpc) is 3.22. The number of thioether (sulfide) groups is 1. The highest BCUT2D eigenvalue weighted by atomic mass is 35.5. The van der Waals surface area contributed by atoms with Crippen LogP contribution in [0.5, 0.6) is 0 Å². The molecule has 166 valence electrons. The summed E-state index contributed by atoms with van der Waals surface area (Å²) < 4.78 is 1.96. The second kappa shape index (κ2) is 8.88. The summed E-state index contributed by atoms with van der Waals surface area (Å²) >= 11 is 13.3. The number of fused-ring (bicyclic) bond motifs is 3. The maximum atomic E-state index is 12.8. The first-order valence-electron chi connectivity index (χ1n) is 10.3. The minimum absolute atomic E-state index is 0.0981. The van der Waals surface area contributed by atoms with Gasteiger partial charge >= 0.3 is 0 Å².